The van der Waals surface area contributed by atoms with Gasteiger partial charge in [0.25, 0.3) is 0 Å². The molecule has 0 bridgehead atoms. The van der Waals surface area contributed by atoms with Crippen molar-refractivity contribution >= 4 is 8.80 Å². The predicted octanol–water partition coefficient (Wildman–Crippen LogP) is -6.31. The van der Waals surface area contributed by atoms with Crippen molar-refractivity contribution in [2.24, 2.45) is 0 Å². The molecular formula is C8H14F3SiTi. The third-order valence-corrected chi connectivity index (χ3v) is 0.586. The van der Waals surface area contributed by atoms with Gasteiger partial charge in [-0.05, 0) is 0 Å². The van der Waals surface area contributed by atoms with Gasteiger partial charge < -0.3 is 14.1 Å². The van der Waals surface area contributed by atoms with Crippen molar-refractivity contribution in [3.63, 3.8) is 0 Å². The zero-order valence-corrected chi connectivity index (χ0v) is 10.6. The Morgan fingerprint density at radius 3 is 1.54 bits per heavy atom. The molecule has 0 aromatic rings. The Labute approximate surface area is 95.1 Å². The quantitative estimate of drug-likeness (QED) is 0.293. The number of halogens is 3. The summed E-state index contributed by atoms with van der Waals surface area (Å²) in [6.45, 7) is 6.81. The fraction of sp³-hybridized carbons (Fsp3) is 0.500. The second kappa shape index (κ2) is 22.8. The summed E-state index contributed by atoms with van der Waals surface area (Å²) >= 11 is 0. The summed E-state index contributed by atoms with van der Waals surface area (Å²) in [6.07, 6.45) is 10.0. The molecule has 1 radical (unpaired) electrons. The van der Waals surface area contributed by atoms with E-state index in [2.05, 4.69) is 31.8 Å². The molecule has 0 fully saturated rings. The topological polar surface area (TPSA) is 0 Å². The average molecular weight is 243 g/mol. The first-order valence-electron chi connectivity index (χ1n) is 3.22. The van der Waals surface area contributed by atoms with Gasteiger partial charge in [-0.3, -0.25) is 6.08 Å². The van der Waals surface area contributed by atoms with Gasteiger partial charge in [0.1, 0.15) is 0 Å². The summed E-state index contributed by atoms with van der Waals surface area (Å²) in [5.41, 5.74) is 0. The number of allylic oxidation sites excluding steroid dienone is 4. The number of hydrogen-bond acceptors (Lipinski definition) is 0. The minimum Gasteiger partial charge on any atom is -1.00 e. The molecule has 0 nitrogen and oxygen atoms in total. The molecule has 13 heavy (non-hydrogen) atoms. The minimum absolute atomic E-state index is 0. The van der Waals surface area contributed by atoms with E-state index in [4.69, 9.17) is 0 Å². The van der Waals surface area contributed by atoms with Gasteiger partial charge in [-0.1, -0.05) is 19.6 Å². The Kier molecular flexibility index (Phi) is 51.2. The molecule has 0 amide bonds. The maximum Gasteiger partial charge on any atom is 4.00 e. The molecule has 1 rings (SSSR count). The molecule has 0 saturated carbocycles. The molecule has 0 heterocycles. The summed E-state index contributed by atoms with van der Waals surface area (Å²) in [7, 11) is 0.120. The fourth-order valence-corrected chi connectivity index (χ4v) is 0.340. The van der Waals surface area contributed by atoms with Gasteiger partial charge in [-0.2, -0.15) is 6.08 Å². The predicted molar refractivity (Wildman–Crippen MR) is 44.9 cm³/mol. The summed E-state index contributed by atoms with van der Waals surface area (Å²) < 4.78 is 0. The second-order valence-corrected chi connectivity index (χ2v) is 5.50. The van der Waals surface area contributed by atoms with Crippen molar-refractivity contribution in [1.82, 2.24) is 0 Å². The van der Waals surface area contributed by atoms with E-state index in [9.17, 15) is 0 Å². The van der Waals surface area contributed by atoms with Gasteiger partial charge in [-0.15, -0.1) is 6.42 Å². The molecule has 0 N–H and O–H groups in total. The normalized spacial score (nSPS) is 9.54. The molecule has 5 heteroatoms. The molecular weight excluding hydrogens is 229 g/mol. The van der Waals surface area contributed by atoms with E-state index in [0.29, 0.717) is 0 Å². The van der Waals surface area contributed by atoms with E-state index in [1.54, 1.807) is 0 Å². The van der Waals surface area contributed by atoms with Crippen LogP contribution in [0.1, 0.15) is 6.42 Å². The third kappa shape index (κ3) is 46.9. The van der Waals surface area contributed by atoms with Crippen LogP contribution in [-0.4, -0.2) is 8.80 Å². The van der Waals surface area contributed by atoms with Crippen LogP contribution in [-0.2, 0) is 21.7 Å². The average Bonchev–Trinajstić information content (AvgIpc) is 2.11. The maximum absolute atomic E-state index is 2.99. The monoisotopic (exact) mass is 243 g/mol. The molecule has 0 atom stereocenters. The zero-order valence-electron chi connectivity index (χ0n) is 8.07. The molecule has 0 aromatic carbocycles. The fourth-order valence-electron chi connectivity index (χ4n) is 0.340. The zero-order chi connectivity index (χ0) is 7.11. The van der Waals surface area contributed by atoms with Crippen LogP contribution in [0.15, 0.2) is 18.2 Å². The Morgan fingerprint density at radius 2 is 1.46 bits per heavy atom. The van der Waals surface area contributed by atoms with Crippen molar-refractivity contribution in [3.05, 3.63) is 24.3 Å². The van der Waals surface area contributed by atoms with E-state index < -0.39 is 0 Å². The minimum atomic E-state index is 0. The van der Waals surface area contributed by atoms with Crippen molar-refractivity contribution in [1.29, 1.82) is 0 Å². The second-order valence-electron chi connectivity index (χ2n) is 2.50. The van der Waals surface area contributed by atoms with Crippen molar-refractivity contribution in [2.75, 3.05) is 0 Å². The molecule has 0 aromatic heterocycles. The number of hydrogen-bond donors (Lipinski definition) is 0. The summed E-state index contributed by atoms with van der Waals surface area (Å²) in [5, 5.41) is 0. The van der Waals surface area contributed by atoms with Crippen LogP contribution < -0.4 is 14.1 Å². The first-order chi connectivity index (χ1) is 4.23. The van der Waals surface area contributed by atoms with E-state index in [-0.39, 0.29) is 44.6 Å². The van der Waals surface area contributed by atoms with Gasteiger partial charge in [-0.25, -0.2) is 12.2 Å². The molecule has 0 aliphatic heterocycles. The van der Waals surface area contributed by atoms with Crippen molar-refractivity contribution in [2.45, 2.75) is 26.1 Å². The van der Waals surface area contributed by atoms with Crippen molar-refractivity contribution in [3.8, 4) is 0 Å². The summed E-state index contributed by atoms with van der Waals surface area (Å²) in [4.78, 5) is 0. The summed E-state index contributed by atoms with van der Waals surface area (Å²) in [6, 6.07) is 0. The third-order valence-electron chi connectivity index (χ3n) is 0.586. The smallest absolute Gasteiger partial charge is 1.00 e. The SMILES string of the molecule is C[Si](C)C.[C-]1=CC=CC1.[F-].[F-].[F-].[Ti+4]. The van der Waals surface area contributed by atoms with Crippen LogP contribution in [0.5, 0.6) is 0 Å². The van der Waals surface area contributed by atoms with Gasteiger partial charge in [0.2, 0.25) is 0 Å². The Bertz CT molecular complexity index is 103. The Hall–Kier alpha value is 0.201. The Balaban J connectivity index is -0.0000000256. The van der Waals surface area contributed by atoms with Crippen LogP contribution in [0.25, 0.3) is 0 Å². The van der Waals surface area contributed by atoms with E-state index in [1.165, 1.54) is 0 Å². The first-order valence-corrected chi connectivity index (χ1v) is 6.22. The Morgan fingerprint density at radius 1 is 1.08 bits per heavy atom. The van der Waals surface area contributed by atoms with E-state index in [1.807, 2.05) is 12.2 Å². The van der Waals surface area contributed by atoms with Crippen molar-refractivity contribution < 1.29 is 35.8 Å². The van der Waals surface area contributed by atoms with Crippen LogP contribution in [0.4, 0.5) is 0 Å². The van der Waals surface area contributed by atoms with Gasteiger partial charge >= 0.3 is 21.7 Å². The first kappa shape index (κ1) is 29.2. The van der Waals surface area contributed by atoms with Crippen LogP contribution in [0.3, 0.4) is 0 Å². The largest absolute Gasteiger partial charge is 4.00 e. The van der Waals surface area contributed by atoms with E-state index in [0.717, 1.165) is 6.42 Å². The van der Waals surface area contributed by atoms with Crippen LogP contribution in [0.2, 0.25) is 19.6 Å². The molecule has 0 spiro atoms. The van der Waals surface area contributed by atoms with E-state index >= 15 is 0 Å². The standard InChI is InChI=1S/C5H5.C3H9Si.3FH.Ti/c1-2-4-5-3-1;1-4(2)3;;;;/h1-3H,4H2;1-3H3;3*1H;/q-1;;;;;+4/p-3. The molecule has 0 saturated heterocycles. The van der Waals surface area contributed by atoms with Gasteiger partial charge in [0.15, 0.2) is 0 Å². The van der Waals surface area contributed by atoms with Gasteiger partial charge in [0, 0.05) is 8.80 Å². The van der Waals surface area contributed by atoms with Gasteiger partial charge in [0.05, 0.1) is 0 Å². The summed E-state index contributed by atoms with van der Waals surface area (Å²) in [5.74, 6) is 0. The van der Waals surface area contributed by atoms with Crippen LogP contribution in [0, 0.1) is 6.08 Å². The van der Waals surface area contributed by atoms with Crippen LogP contribution >= 0.6 is 0 Å². The molecule has 75 valence electrons. The molecule has 1 aliphatic carbocycles. The molecule has 1 aliphatic rings. The number of rotatable bonds is 0. The maximum atomic E-state index is 2.99. The molecule has 0 unspecified atom stereocenters.